The lowest BCUT2D eigenvalue weighted by Crippen LogP contribution is -2.32. The number of aromatic amines is 1. The fourth-order valence-corrected chi connectivity index (χ4v) is 2.03. The molecule has 0 amide bonds. The van der Waals surface area contributed by atoms with Crippen molar-refractivity contribution in [2.24, 2.45) is 11.5 Å². The molecule has 0 saturated heterocycles. The van der Waals surface area contributed by atoms with Gasteiger partial charge >= 0.3 is 17.9 Å². The number of nitrogens with two attached hydrogens (primary N) is 2. The number of H-pyrrole nitrogens is 1. The quantitative estimate of drug-likeness (QED) is 0.414. The number of para-hydroxylation sites is 1. The first-order chi connectivity index (χ1) is 11.7. The summed E-state index contributed by atoms with van der Waals surface area (Å²) in [4.78, 5) is 33.6. The van der Waals surface area contributed by atoms with Crippen molar-refractivity contribution < 1.29 is 29.7 Å². The molecule has 1 aromatic heterocycles. The fourth-order valence-electron chi connectivity index (χ4n) is 2.03. The summed E-state index contributed by atoms with van der Waals surface area (Å²) < 4.78 is 0. The number of nitrogens with one attached hydrogen (secondary N) is 1. The molecule has 0 aliphatic carbocycles. The van der Waals surface area contributed by atoms with E-state index in [0.29, 0.717) is 6.42 Å². The van der Waals surface area contributed by atoms with Crippen LogP contribution in [0.3, 0.4) is 0 Å². The molecule has 25 heavy (non-hydrogen) atoms. The Morgan fingerprint density at radius 3 is 2.16 bits per heavy atom. The first-order valence-electron chi connectivity index (χ1n) is 7.46. The lowest BCUT2D eigenvalue weighted by molar-refractivity contribution is -0.140. The van der Waals surface area contributed by atoms with Gasteiger partial charge in [0.2, 0.25) is 0 Å². The van der Waals surface area contributed by atoms with E-state index in [1.807, 2.05) is 30.5 Å². The molecule has 0 fully saturated rings. The maximum Gasteiger partial charge on any atom is 0.320 e. The Morgan fingerprint density at radius 1 is 1.00 bits per heavy atom. The molecule has 9 heteroatoms. The maximum absolute atomic E-state index is 10.6. The lowest BCUT2D eigenvalue weighted by atomic mass is 10.1. The number of carbonyl (C=O) groups is 3. The van der Waals surface area contributed by atoms with Crippen molar-refractivity contribution in [3.8, 4) is 0 Å². The van der Waals surface area contributed by atoms with Crippen LogP contribution < -0.4 is 11.5 Å². The number of aliphatic carboxylic acids is 3. The molecular formula is C16H21N3O6. The second-order valence-electron chi connectivity index (χ2n) is 5.39. The van der Waals surface area contributed by atoms with E-state index in [1.54, 1.807) is 0 Å². The van der Waals surface area contributed by atoms with Gasteiger partial charge < -0.3 is 31.8 Å². The van der Waals surface area contributed by atoms with Gasteiger partial charge in [-0.15, -0.1) is 0 Å². The number of carboxylic acids is 3. The van der Waals surface area contributed by atoms with Gasteiger partial charge in [0.05, 0.1) is 0 Å². The van der Waals surface area contributed by atoms with E-state index in [9.17, 15) is 14.4 Å². The molecule has 0 spiro atoms. The topological polar surface area (TPSA) is 180 Å². The third-order valence-electron chi connectivity index (χ3n) is 3.42. The van der Waals surface area contributed by atoms with Crippen molar-refractivity contribution in [1.29, 1.82) is 0 Å². The Balaban J connectivity index is 0.000000275. The van der Waals surface area contributed by atoms with Gasteiger partial charge in [0, 0.05) is 29.9 Å². The largest absolute Gasteiger partial charge is 0.481 e. The van der Waals surface area contributed by atoms with Crippen LogP contribution in [0, 0.1) is 0 Å². The van der Waals surface area contributed by atoms with Crippen LogP contribution in [-0.2, 0) is 20.8 Å². The van der Waals surface area contributed by atoms with Crippen molar-refractivity contribution in [1.82, 2.24) is 4.98 Å². The van der Waals surface area contributed by atoms with Gasteiger partial charge in [-0.05, 0) is 18.1 Å². The highest BCUT2D eigenvalue weighted by molar-refractivity contribution is 5.84. The van der Waals surface area contributed by atoms with E-state index >= 15 is 0 Å². The summed E-state index contributed by atoms with van der Waals surface area (Å²) in [5, 5.41) is 26.0. The van der Waals surface area contributed by atoms with Crippen molar-refractivity contribution in [3.63, 3.8) is 0 Å². The molecule has 2 atom stereocenters. The Labute approximate surface area is 143 Å². The molecule has 2 aromatic rings. The highest BCUT2D eigenvalue weighted by atomic mass is 16.4. The molecule has 0 aliphatic heterocycles. The predicted molar refractivity (Wildman–Crippen MR) is 90.1 cm³/mol. The van der Waals surface area contributed by atoms with Gasteiger partial charge in [0.25, 0.3) is 0 Å². The van der Waals surface area contributed by atoms with E-state index in [-0.39, 0.29) is 12.8 Å². The standard InChI is InChI=1S/C11H12N2O2.C5H9NO4/c12-9(11(14)15)5-7-6-13-10-4-2-1-3-8(7)10;6-3(5(9)10)1-2-4(7)8/h1-4,6,9,13H,5,12H2,(H,14,15);3H,1-2,6H2,(H,7,8)(H,9,10)/t;3-/m.0/s1. The molecule has 8 N–H and O–H groups in total. The zero-order valence-corrected chi connectivity index (χ0v) is 13.4. The summed E-state index contributed by atoms with van der Waals surface area (Å²) in [5.41, 5.74) is 12.4. The Kier molecular flexibility index (Phi) is 7.57. The molecule has 136 valence electrons. The minimum Gasteiger partial charge on any atom is -0.481 e. The molecule has 0 bridgehead atoms. The van der Waals surface area contributed by atoms with Crippen LogP contribution in [0.1, 0.15) is 18.4 Å². The van der Waals surface area contributed by atoms with Crippen LogP contribution in [0.2, 0.25) is 0 Å². The second-order valence-corrected chi connectivity index (χ2v) is 5.39. The van der Waals surface area contributed by atoms with Crippen molar-refractivity contribution in [3.05, 3.63) is 36.0 Å². The average Bonchev–Trinajstić information content (AvgIpc) is 2.96. The van der Waals surface area contributed by atoms with Crippen molar-refractivity contribution >= 4 is 28.8 Å². The number of carboxylic acid groups (broad SMARTS) is 3. The minimum absolute atomic E-state index is 0.0231. The molecule has 1 aromatic carbocycles. The zero-order chi connectivity index (χ0) is 19.0. The fraction of sp³-hybridized carbons (Fsp3) is 0.312. The van der Waals surface area contributed by atoms with Crippen molar-refractivity contribution in [2.75, 3.05) is 0 Å². The predicted octanol–water partition coefficient (Wildman–Crippen LogP) is 0.385. The molecule has 0 aliphatic rings. The number of hydrogen-bond acceptors (Lipinski definition) is 5. The summed E-state index contributed by atoms with van der Waals surface area (Å²) in [5.74, 6) is -3.17. The summed E-state index contributed by atoms with van der Waals surface area (Å²) in [6, 6.07) is 5.85. The smallest absolute Gasteiger partial charge is 0.320 e. The van der Waals surface area contributed by atoms with Crippen LogP contribution in [-0.4, -0.2) is 50.3 Å². The van der Waals surface area contributed by atoms with Gasteiger partial charge in [-0.25, -0.2) is 0 Å². The van der Waals surface area contributed by atoms with Crippen LogP contribution >= 0.6 is 0 Å². The molecular weight excluding hydrogens is 330 g/mol. The molecule has 2 rings (SSSR count). The number of hydrogen-bond donors (Lipinski definition) is 6. The van der Waals surface area contributed by atoms with Gasteiger partial charge in [0.15, 0.2) is 0 Å². The Hall–Kier alpha value is -2.91. The summed E-state index contributed by atoms with van der Waals surface area (Å²) in [6.45, 7) is 0. The highest BCUT2D eigenvalue weighted by Gasteiger charge is 2.14. The van der Waals surface area contributed by atoms with Crippen molar-refractivity contribution in [2.45, 2.75) is 31.3 Å². The number of aromatic nitrogens is 1. The van der Waals surface area contributed by atoms with Crippen LogP contribution in [0.4, 0.5) is 0 Å². The normalized spacial score (nSPS) is 12.7. The van der Waals surface area contributed by atoms with E-state index in [2.05, 4.69) is 4.98 Å². The molecule has 0 radical (unpaired) electrons. The summed E-state index contributed by atoms with van der Waals surface area (Å²) >= 11 is 0. The average molecular weight is 351 g/mol. The molecule has 9 nitrogen and oxygen atoms in total. The first kappa shape index (κ1) is 20.1. The van der Waals surface area contributed by atoms with E-state index in [4.69, 9.17) is 26.8 Å². The van der Waals surface area contributed by atoms with Gasteiger partial charge in [-0.2, -0.15) is 0 Å². The zero-order valence-electron chi connectivity index (χ0n) is 13.4. The molecule has 0 saturated carbocycles. The second kappa shape index (κ2) is 9.40. The number of rotatable bonds is 7. The highest BCUT2D eigenvalue weighted by Crippen LogP contribution is 2.18. The van der Waals surface area contributed by atoms with E-state index in [1.165, 1.54) is 0 Å². The third-order valence-corrected chi connectivity index (χ3v) is 3.42. The van der Waals surface area contributed by atoms with Gasteiger partial charge in [-0.1, -0.05) is 18.2 Å². The maximum atomic E-state index is 10.6. The summed E-state index contributed by atoms with van der Waals surface area (Å²) in [7, 11) is 0. The Bertz CT molecular complexity index is 742. The molecule has 1 unspecified atom stereocenters. The van der Waals surface area contributed by atoms with E-state index < -0.39 is 30.0 Å². The van der Waals surface area contributed by atoms with Crippen LogP contribution in [0.15, 0.2) is 30.5 Å². The monoisotopic (exact) mass is 351 g/mol. The third kappa shape index (κ3) is 6.61. The molecule has 1 heterocycles. The van der Waals surface area contributed by atoms with Crippen LogP contribution in [0.25, 0.3) is 10.9 Å². The summed E-state index contributed by atoms with van der Waals surface area (Å²) in [6.07, 6.45) is 1.94. The first-order valence-corrected chi connectivity index (χ1v) is 7.46. The Morgan fingerprint density at radius 2 is 1.60 bits per heavy atom. The lowest BCUT2D eigenvalue weighted by Gasteiger charge is -2.04. The van der Waals surface area contributed by atoms with E-state index in [0.717, 1.165) is 16.5 Å². The van der Waals surface area contributed by atoms with Gasteiger partial charge in [0.1, 0.15) is 12.1 Å². The van der Waals surface area contributed by atoms with Crippen LogP contribution in [0.5, 0.6) is 0 Å². The van der Waals surface area contributed by atoms with Gasteiger partial charge in [-0.3, -0.25) is 14.4 Å². The number of fused-ring (bicyclic) bond motifs is 1. The SMILES string of the molecule is NC(Cc1c[nH]c2ccccc12)C(=O)O.N[C@@H](CCC(=O)O)C(=O)O. The minimum atomic E-state index is -1.17. The number of benzene rings is 1.